The average molecular weight is 207 g/mol. The van der Waals surface area contributed by atoms with Crippen LogP contribution in [-0.2, 0) is 4.74 Å². The highest BCUT2D eigenvalue weighted by Gasteiger charge is 2.41. The lowest BCUT2D eigenvalue weighted by Crippen LogP contribution is -2.24. The molecule has 0 aromatic carbocycles. The van der Waals surface area contributed by atoms with Crippen molar-refractivity contribution in [1.82, 2.24) is 5.32 Å². The Bertz CT molecular complexity index is 258. The normalized spacial score (nSPS) is 37.1. The lowest BCUT2D eigenvalue weighted by atomic mass is 9.98. The van der Waals surface area contributed by atoms with Gasteiger partial charge in [0.15, 0.2) is 0 Å². The molecule has 2 heteroatoms. The predicted molar refractivity (Wildman–Crippen MR) is 60.9 cm³/mol. The number of ether oxygens (including phenoxy) is 1. The molecule has 1 atom stereocenters. The van der Waals surface area contributed by atoms with Gasteiger partial charge in [-0.15, -0.1) is 0 Å². The van der Waals surface area contributed by atoms with Crippen molar-refractivity contribution in [3.8, 4) is 0 Å². The summed E-state index contributed by atoms with van der Waals surface area (Å²) in [5, 5.41) is 3.38. The fraction of sp³-hybridized carbons (Fsp3) is 0.846. The van der Waals surface area contributed by atoms with Crippen LogP contribution < -0.4 is 5.32 Å². The molecule has 2 heterocycles. The molecule has 3 fully saturated rings. The maximum Gasteiger partial charge on any atom is 0.0767 e. The van der Waals surface area contributed by atoms with Crippen LogP contribution in [0.4, 0.5) is 0 Å². The van der Waals surface area contributed by atoms with E-state index < -0.39 is 0 Å². The Morgan fingerprint density at radius 2 is 2.13 bits per heavy atom. The van der Waals surface area contributed by atoms with Crippen molar-refractivity contribution in [3.63, 3.8) is 0 Å². The zero-order valence-corrected chi connectivity index (χ0v) is 9.43. The zero-order chi connectivity index (χ0) is 10.1. The molecule has 0 aromatic heterocycles. The standard InChI is InChI=1S/C13H21NO/c1-2-6-13(5-1)7-3-12(15-13)9-11-4-8-14-10-11/h9,12,14H,1-8,10H2/b11-9-. The molecular formula is C13H21NO. The number of hydrogen-bond acceptors (Lipinski definition) is 2. The van der Waals surface area contributed by atoms with Gasteiger partial charge in [0.2, 0.25) is 0 Å². The van der Waals surface area contributed by atoms with Gasteiger partial charge < -0.3 is 10.1 Å². The SMILES string of the molecule is C(=C1\CCNC1)/C1CCC2(CCCC2)O1. The van der Waals surface area contributed by atoms with E-state index in [2.05, 4.69) is 11.4 Å². The van der Waals surface area contributed by atoms with E-state index in [1.807, 2.05) is 0 Å². The molecule has 2 nitrogen and oxygen atoms in total. The van der Waals surface area contributed by atoms with Crippen molar-refractivity contribution in [2.45, 2.75) is 56.7 Å². The summed E-state index contributed by atoms with van der Waals surface area (Å²) < 4.78 is 6.27. The van der Waals surface area contributed by atoms with E-state index in [1.54, 1.807) is 5.57 Å². The molecule has 2 saturated heterocycles. The van der Waals surface area contributed by atoms with Gasteiger partial charge >= 0.3 is 0 Å². The molecule has 84 valence electrons. The Kier molecular flexibility index (Phi) is 2.57. The van der Waals surface area contributed by atoms with Gasteiger partial charge in [-0.25, -0.2) is 0 Å². The Hall–Kier alpha value is -0.340. The maximum atomic E-state index is 6.27. The Balaban J connectivity index is 1.63. The molecule has 2 aliphatic heterocycles. The summed E-state index contributed by atoms with van der Waals surface area (Å²) in [5.74, 6) is 0. The zero-order valence-electron chi connectivity index (χ0n) is 9.43. The van der Waals surface area contributed by atoms with E-state index in [9.17, 15) is 0 Å². The van der Waals surface area contributed by atoms with Crippen LogP contribution >= 0.6 is 0 Å². The molecule has 1 saturated carbocycles. The smallest absolute Gasteiger partial charge is 0.0767 e. The molecule has 3 aliphatic rings. The summed E-state index contributed by atoms with van der Waals surface area (Å²) in [6.45, 7) is 2.25. The number of hydrogen-bond donors (Lipinski definition) is 1. The van der Waals surface area contributed by atoms with Gasteiger partial charge in [-0.1, -0.05) is 24.5 Å². The Morgan fingerprint density at radius 3 is 2.87 bits per heavy atom. The third-order valence-electron chi connectivity index (χ3n) is 4.20. The van der Waals surface area contributed by atoms with Crippen LogP contribution in [0.5, 0.6) is 0 Å². The van der Waals surface area contributed by atoms with Crippen molar-refractivity contribution < 1.29 is 4.74 Å². The number of rotatable bonds is 1. The van der Waals surface area contributed by atoms with E-state index in [4.69, 9.17) is 4.74 Å². The molecule has 1 N–H and O–H groups in total. The largest absolute Gasteiger partial charge is 0.368 e. The second-order valence-corrected chi connectivity index (χ2v) is 5.34. The maximum absolute atomic E-state index is 6.27. The highest BCUT2D eigenvalue weighted by molar-refractivity contribution is 5.13. The minimum Gasteiger partial charge on any atom is -0.368 e. The summed E-state index contributed by atoms with van der Waals surface area (Å²) in [4.78, 5) is 0. The third kappa shape index (κ3) is 1.98. The Labute approximate surface area is 92.1 Å². The first-order chi connectivity index (χ1) is 7.36. The highest BCUT2D eigenvalue weighted by atomic mass is 16.5. The molecular weight excluding hydrogens is 186 g/mol. The van der Waals surface area contributed by atoms with E-state index in [0.717, 1.165) is 13.1 Å². The molecule has 0 amide bonds. The second kappa shape index (κ2) is 3.91. The van der Waals surface area contributed by atoms with Crippen LogP contribution in [0, 0.1) is 0 Å². The van der Waals surface area contributed by atoms with Crippen LogP contribution in [0.2, 0.25) is 0 Å². The van der Waals surface area contributed by atoms with E-state index in [0.29, 0.717) is 11.7 Å². The van der Waals surface area contributed by atoms with Crippen LogP contribution in [0.3, 0.4) is 0 Å². The van der Waals surface area contributed by atoms with Crippen LogP contribution in [0.25, 0.3) is 0 Å². The summed E-state index contributed by atoms with van der Waals surface area (Å²) in [6.07, 6.45) is 12.0. The van der Waals surface area contributed by atoms with Crippen LogP contribution in [-0.4, -0.2) is 24.8 Å². The first kappa shape index (κ1) is 9.86. The van der Waals surface area contributed by atoms with Gasteiger partial charge in [-0.05, 0) is 38.6 Å². The lowest BCUT2D eigenvalue weighted by molar-refractivity contribution is -0.0181. The van der Waals surface area contributed by atoms with Gasteiger partial charge in [-0.3, -0.25) is 0 Å². The van der Waals surface area contributed by atoms with E-state index in [1.165, 1.54) is 44.9 Å². The van der Waals surface area contributed by atoms with Gasteiger partial charge in [0.1, 0.15) is 0 Å². The van der Waals surface area contributed by atoms with Crippen molar-refractivity contribution in [3.05, 3.63) is 11.6 Å². The average Bonchev–Trinajstić information content (AvgIpc) is 2.92. The van der Waals surface area contributed by atoms with Crippen molar-refractivity contribution in [2.24, 2.45) is 0 Å². The van der Waals surface area contributed by atoms with Gasteiger partial charge in [0.05, 0.1) is 11.7 Å². The van der Waals surface area contributed by atoms with Crippen molar-refractivity contribution >= 4 is 0 Å². The lowest BCUT2D eigenvalue weighted by Gasteiger charge is -2.22. The summed E-state index contributed by atoms with van der Waals surface area (Å²) in [6, 6.07) is 0. The minimum atomic E-state index is 0.299. The fourth-order valence-electron chi connectivity index (χ4n) is 3.34. The molecule has 3 rings (SSSR count). The molecule has 0 radical (unpaired) electrons. The monoisotopic (exact) mass is 207 g/mol. The number of nitrogens with one attached hydrogen (secondary N) is 1. The molecule has 0 aromatic rings. The molecule has 15 heavy (non-hydrogen) atoms. The van der Waals surface area contributed by atoms with Gasteiger partial charge in [0, 0.05) is 6.54 Å². The summed E-state index contributed by atoms with van der Waals surface area (Å²) >= 11 is 0. The van der Waals surface area contributed by atoms with Crippen molar-refractivity contribution in [1.29, 1.82) is 0 Å². The first-order valence-electron chi connectivity index (χ1n) is 6.44. The summed E-state index contributed by atoms with van der Waals surface area (Å²) in [5.41, 5.74) is 1.86. The quantitative estimate of drug-likeness (QED) is 0.667. The molecule has 0 bridgehead atoms. The molecule has 1 aliphatic carbocycles. The van der Waals surface area contributed by atoms with Crippen molar-refractivity contribution in [2.75, 3.05) is 13.1 Å². The van der Waals surface area contributed by atoms with E-state index >= 15 is 0 Å². The van der Waals surface area contributed by atoms with Crippen LogP contribution in [0.1, 0.15) is 44.9 Å². The molecule has 1 unspecified atom stereocenters. The summed E-state index contributed by atoms with van der Waals surface area (Å²) in [7, 11) is 0. The third-order valence-corrected chi connectivity index (χ3v) is 4.20. The van der Waals surface area contributed by atoms with Crippen LogP contribution in [0.15, 0.2) is 11.6 Å². The first-order valence-corrected chi connectivity index (χ1v) is 6.44. The highest BCUT2D eigenvalue weighted by Crippen LogP contribution is 2.43. The minimum absolute atomic E-state index is 0.299. The fourth-order valence-corrected chi connectivity index (χ4v) is 3.34. The van der Waals surface area contributed by atoms with Gasteiger partial charge in [-0.2, -0.15) is 0 Å². The van der Waals surface area contributed by atoms with E-state index in [-0.39, 0.29) is 0 Å². The topological polar surface area (TPSA) is 21.3 Å². The second-order valence-electron chi connectivity index (χ2n) is 5.34. The Morgan fingerprint density at radius 1 is 1.27 bits per heavy atom. The van der Waals surface area contributed by atoms with Gasteiger partial charge in [0.25, 0.3) is 0 Å². The predicted octanol–water partition coefficient (Wildman–Crippen LogP) is 2.40. The molecule has 1 spiro atoms.